The van der Waals surface area contributed by atoms with Gasteiger partial charge < -0.3 is 15.3 Å². The molecule has 0 unspecified atom stereocenters. The molecule has 0 fully saturated rings. The summed E-state index contributed by atoms with van der Waals surface area (Å²) in [6.07, 6.45) is 0. The van der Waals surface area contributed by atoms with Crippen LogP contribution >= 0.6 is 0 Å². The van der Waals surface area contributed by atoms with Crippen LogP contribution in [0.1, 0.15) is 0 Å². The molecule has 0 bridgehead atoms. The fourth-order valence-electron chi connectivity index (χ4n) is 0. The van der Waals surface area contributed by atoms with Gasteiger partial charge in [-0.25, -0.2) is 0 Å². The van der Waals surface area contributed by atoms with E-state index in [9.17, 15) is 0 Å². The molecule has 0 N–H and O–H groups in total. The maximum absolute atomic E-state index is 8.25. The number of rotatable bonds is 0. The zero-order valence-corrected chi connectivity index (χ0v) is 7.72. The van der Waals surface area contributed by atoms with E-state index in [0.29, 0.717) is 0 Å². The van der Waals surface area contributed by atoms with Crippen molar-refractivity contribution in [1.29, 1.82) is 0 Å². The van der Waals surface area contributed by atoms with Gasteiger partial charge in [-0.05, 0) is 0 Å². The van der Waals surface area contributed by atoms with E-state index in [1.54, 1.807) is 0 Å². The normalized spacial score (nSPS) is 4.00. The summed E-state index contributed by atoms with van der Waals surface area (Å²) in [6, 6.07) is 0. The Morgan fingerprint density at radius 3 is 1.33 bits per heavy atom. The Kier molecular flexibility index (Phi) is 24.5. The second-order valence-corrected chi connectivity index (χ2v) is 0.224. The van der Waals surface area contributed by atoms with Crippen LogP contribution in [0.25, 0.3) is 0 Å². The van der Waals surface area contributed by atoms with Crippen LogP contribution in [0.2, 0.25) is 0 Å². The van der Waals surface area contributed by atoms with Crippen LogP contribution in [-0.4, -0.2) is 54.3 Å². The van der Waals surface area contributed by atoms with Crippen molar-refractivity contribution in [3.63, 3.8) is 0 Å². The van der Waals surface area contributed by atoms with E-state index in [1.165, 1.54) is 0 Å². The van der Waals surface area contributed by atoms with Crippen molar-refractivity contribution in [1.82, 2.24) is 0 Å². The third-order valence-corrected chi connectivity index (χ3v) is 0. The van der Waals surface area contributed by atoms with Crippen molar-refractivity contribution in [2.24, 2.45) is 0 Å². The van der Waals surface area contributed by atoms with Gasteiger partial charge in [0.05, 0.1) is 5.09 Å². The van der Waals surface area contributed by atoms with Gasteiger partial charge in [-0.3, -0.25) is 0 Å². The summed E-state index contributed by atoms with van der Waals surface area (Å²) in [5.41, 5.74) is 0. The maximum Gasteiger partial charge on any atom is 3.00 e. The first-order valence-electron chi connectivity index (χ1n) is 0.548. The van der Waals surface area contributed by atoms with Gasteiger partial charge in [-0.1, -0.05) is 0 Å². The zero-order chi connectivity index (χ0) is 3.58. The van der Waals surface area contributed by atoms with Gasteiger partial charge in [-0.15, -0.1) is 0 Å². The predicted octanol–water partition coefficient (Wildman–Crippen LogP) is -1.00. The minimum Gasteiger partial charge on any atom is -0.356 e. The second kappa shape index (κ2) is 9.28. The fourth-order valence-corrected chi connectivity index (χ4v) is 0. The molecule has 26 valence electrons. The molecule has 0 aromatic carbocycles. The molecule has 0 saturated heterocycles. The first-order chi connectivity index (χ1) is 1.73. The molecule has 0 aromatic heterocycles. The third kappa shape index (κ3) is 99.6. The van der Waals surface area contributed by atoms with Gasteiger partial charge in [0.25, 0.3) is 0 Å². The summed E-state index contributed by atoms with van der Waals surface area (Å²) < 4.78 is 0. The largest absolute Gasteiger partial charge is 3.00 e. The molecule has 0 rings (SSSR count). The Labute approximate surface area is 69.3 Å². The molecule has 6 heteroatoms. The average molecular weight is 295 g/mol. The zero-order valence-electron chi connectivity index (χ0n) is 2.83. The first kappa shape index (κ1) is 15.8. The van der Waals surface area contributed by atoms with Gasteiger partial charge in [-0.2, -0.15) is 0 Å². The summed E-state index contributed by atoms with van der Waals surface area (Å²) in [4.78, 5) is 8.25. The van der Waals surface area contributed by atoms with Crippen molar-refractivity contribution >= 4 is 49.3 Å². The van der Waals surface area contributed by atoms with E-state index in [-0.39, 0.29) is 49.3 Å². The van der Waals surface area contributed by atoms with Gasteiger partial charge in [0.1, 0.15) is 0 Å². The van der Waals surface area contributed by atoms with Gasteiger partial charge in [0.15, 0.2) is 0 Å². The van der Waals surface area contributed by atoms with E-state index in [0.717, 1.165) is 0 Å². The van der Waals surface area contributed by atoms with E-state index < -0.39 is 5.09 Å². The molecule has 0 amide bonds. The van der Waals surface area contributed by atoms with Crippen molar-refractivity contribution in [3.05, 3.63) is 15.3 Å². The standard InChI is InChI=1S/Bi.Mg.NO3/c;;2-1(3)4/q+3;+2;-1. The van der Waals surface area contributed by atoms with Gasteiger partial charge >= 0.3 is 49.3 Å². The molecule has 0 spiro atoms. The Hall–Kier alpha value is 0.849. The van der Waals surface area contributed by atoms with E-state index in [2.05, 4.69) is 0 Å². The van der Waals surface area contributed by atoms with Crippen molar-refractivity contribution < 1.29 is 5.09 Å². The van der Waals surface area contributed by atoms with Crippen LogP contribution in [0.15, 0.2) is 0 Å². The van der Waals surface area contributed by atoms with Crippen LogP contribution in [0.3, 0.4) is 0 Å². The van der Waals surface area contributed by atoms with Crippen molar-refractivity contribution in [2.75, 3.05) is 0 Å². The molecule has 0 saturated carbocycles. The van der Waals surface area contributed by atoms with Crippen LogP contribution < -0.4 is 0 Å². The van der Waals surface area contributed by atoms with Crippen LogP contribution in [-0.2, 0) is 0 Å². The molecular weight excluding hydrogens is 295 g/mol. The molecule has 2 radical (unpaired) electrons. The Bertz CT molecular complexity index is 33.8. The molecule has 4 nitrogen and oxygen atoms in total. The Balaban J connectivity index is -0.0000000450. The topological polar surface area (TPSA) is 66.2 Å². The quantitative estimate of drug-likeness (QED) is 0.327. The molecule has 0 aliphatic rings. The number of hydrogen-bond donors (Lipinski definition) is 0. The Morgan fingerprint density at radius 2 is 1.33 bits per heavy atom. The summed E-state index contributed by atoms with van der Waals surface area (Å²) in [5, 5.41) is 14.8. The number of hydrogen-bond acceptors (Lipinski definition) is 3. The molecule has 0 aromatic rings. The minimum atomic E-state index is -1.75. The Morgan fingerprint density at radius 1 is 1.33 bits per heavy atom. The number of nitrogens with zero attached hydrogens (tertiary/aromatic N) is 1. The van der Waals surface area contributed by atoms with Crippen LogP contribution in [0, 0.1) is 15.3 Å². The molecule has 6 heavy (non-hydrogen) atoms. The second-order valence-electron chi connectivity index (χ2n) is 0.224. The fraction of sp³-hybridized carbons (Fsp3) is 0. The summed E-state index contributed by atoms with van der Waals surface area (Å²) in [7, 11) is 0. The smallest absolute Gasteiger partial charge is 0.356 e. The van der Waals surface area contributed by atoms with Gasteiger partial charge in [0.2, 0.25) is 0 Å². The summed E-state index contributed by atoms with van der Waals surface area (Å²) >= 11 is 0. The average Bonchev–Trinajstić information content (AvgIpc) is 0.811. The third-order valence-electron chi connectivity index (χ3n) is 0. The van der Waals surface area contributed by atoms with Crippen molar-refractivity contribution in [2.45, 2.75) is 0 Å². The summed E-state index contributed by atoms with van der Waals surface area (Å²) in [6.45, 7) is 0. The minimum absolute atomic E-state index is 0. The molecule has 0 heterocycles. The monoisotopic (exact) mass is 295 g/mol. The molecular formula is BiMgNO3+4. The SMILES string of the molecule is O=[N+]([O-])[O-].[Bi+3].[Mg+2]. The van der Waals surface area contributed by atoms with Crippen LogP contribution in [0.4, 0.5) is 0 Å². The maximum atomic E-state index is 8.25. The first-order valence-corrected chi connectivity index (χ1v) is 0.548. The molecule has 0 aliphatic heterocycles. The predicted molar refractivity (Wildman–Crippen MR) is 21.9 cm³/mol. The van der Waals surface area contributed by atoms with E-state index in [1.807, 2.05) is 0 Å². The van der Waals surface area contributed by atoms with Crippen molar-refractivity contribution in [3.8, 4) is 0 Å². The summed E-state index contributed by atoms with van der Waals surface area (Å²) in [5.74, 6) is 0. The van der Waals surface area contributed by atoms with Crippen LogP contribution in [0.5, 0.6) is 0 Å². The van der Waals surface area contributed by atoms with Gasteiger partial charge in [0, 0.05) is 0 Å². The van der Waals surface area contributed by atoms with E-state index in [4.69, 9.17) is 15.3 Å². The molecule has 0 atom stereocenters. The van der Waals surface area contributed by atoms with E-state index >= 15 is 0 Å². The molecule has 0 aliphatic carbocycles.